The standard InChI is InChI=1S/C22H28N2O3/c1-3-4-7-16-8-5-9-18(16)23-21(25)17-12-11-15(2)19(14-17)24-22(26)20-10-6-13-27-20/h6,10-14,16,18H,3-5,7-9H2,1-2H3,(H,23,25)(H,24,26). The summed E-state index contributed by atoms with van der Waals surface area (Å²) in [5.41, 5.74) is 2.09. The molecule has 2 atom stereocenters. The molecule has 1 aliphatic carbocycles. The molecule has 1 aromatic carbocycles. The van der Waals surface area contributed by atoms with Crippen molar-refractivity contribution in [1.82, 2.24) is 5.32 Å². The summed E-state index contributed by atoms with van der Waals surface area (Å²) in [6.07, 6.45) is 8.47. The minimum absolute atomic E-state index is 0.0723. The Morgan fingerprint density at radius 2 is 2.04 bits per heavy atom. The minimum atomic E-state index is -0.323. The molecule has 0 radical (unpaired) electrons. The van der Waals surface area contributed by atoms with Crippen LogP contribution in [0.2, 0.25) is 0 Å². The molecule has 0 aliphatic heterocycles. The summed E-state index contributed by atoms with van der Waals surface area (Å²) < 4.78 is 5.13. The summed E-state index contributed by atoms with van der Waals surface area (Å²) in [5.74, 6) is 0.430. The van der Waals surface area contributed by atoms with Crippen molar-refractivity contribution in [3.63, 3.8) is 0 Å². The second kappa shape index (κ2) is 8.89. The Kier molecular flexibility index (Phi) is 6.32. The Bertz CT molecular complexity index is 783. The third-order valence-electron chi connectivity index (χ3n) is 5.40. The fourth-order valence-electron chi connectivity index (χ4n) is 3.78. The lowest BCUT2D eigenvalue weighted by Crippen LogP contribution is -2.37. The van der Waals surface area contributed by atoms with Crippen molar-refractivity contribution in [2.75, 3.05) is 5.32 Å². The van der Waals surface area contributed by atoms with Crippen molar-refractivity contribution in [3.05, 3.63) is 53.5 Å². The molecule has 5 heteroatoms. The van der Waals surface area contributed by atoms with E-state index in [9.17, 15) is 9.59 Å². The number of carbonyl (C=O) groups excluding carboxylic acids is 2. The van der Waals surface area contributed by atoms with Gasteiger partial charge < -0.3 is 15.1 Å². The Labute approximate surface area is 160 Å². The maximum atomic E-state index is 12.8. The van der Waals surface area contributed by atoms with Crippen LogP contribution in [0.15, 0.2) is 41.0 Å². The van der Waals surface area contributed by atoms with E-state index >= 15 is 0 Å². The molecule has 144 valence electrons. The molecule has 27 heavy (non-hydrogen) atoms. The number of rotatable bonds is 7. The van der Waals surface area contributed by atoms with Crippen LogP contribution in [0.25, 0.3) is 0 Å². The molecular formula is C22H28N2O3. The molecule has 1 fully saturated rings. The van der Waals surface area contributed by atoms with Crippen LogP contribution in [0.1, 0.15) is 71.9 Å². The number of hydrogen-bond donors (Lipinski definition) is 2. The molecule has 5 nitrogen and oxygen atoms in total. The smallest absolute Gasteiger partial charge is 0.291 e. The van der Waals surface area contributed by atoms with Crippen molar-refractivity contribution < 1.29 is 14.0 Å². The van der Waals surface area contributed by atoms with Crippen LogP contribution in [0.3, 0.4) is 0 Å². The van der Waals surface area contributed by atoms with Gasteiger partial charge in [-0.15, -0.1) is 0 Å². The number of hydrogen-bond acceptors (Lipinski definition) is 3. The zero-order valence-electron chi connectivity index (χ0n) is 16.1. The number of aryl methyl sites for hydroxylation is 1. The summed E-state index contributed by atoms with van der Waals surface area (Å²) in [6, 6.07) is 8.94. The number of anilines is 1. The molecule has 0 bridgehead atoms. The summed E-state index contributed by atoms with van der Waals surface area (Å²) in [7, 11) is 0. The number of benzene rings is 1. The minimum Gasteiger partial charge on any atom is -0.459 e. The zero-order chi connectivity index (χ0) is 19.2. The van der Waals surface area contributed by atoms with E-state index in [1.807, 2.05) is 19.1 Å². The lowest BCUT2D eigenvalue weighted by atomic mass is 9.96. The van der Waals surface area contributed by atoms with Crippen LogP contribution in [0.4, 0.5) is 5.69 Å². The predicted molar refractivity (Wildman–Crippen MR) is 106 cm³/mol. The van der Waals surface area contributed by atoms with Crippen molar-refractivity contribution >= 4 is 17.5 Å². The number of furan rings is 1. The summed E-state index contributed by atoms with van der Waals surface area (Å²) >= 11 is 0. The fraction of sp³-hybridized carbons (Fsp3) is 0.455. The summed E-state index contributed by atoms with van der Waals surface area (Å²) in [4.78, 5) is 25.0. The average molecular weight is 368 g/mol. The highest BCUT2D eigenvalue weighted by Gasteiger charge is 2.28. The zero-order valence-corrected chi connectivity index (χ0v) is 16.1. The van der Waals surface area contributed by atoms with Crippen LogP contribution < -0.4 is 10.6 Å². The first-order valence-corrected chi connectivity index (χ1v) is 9.85. The second-order valence-electron chi connectivity index (χ2n) is 7.37. The summed E-state index contributed by atoms with van der Waals surface area (Å²) in [6.45, 7) is 4.10. The van der Waals surface area contributed by atoms with E-state index in [1.165, 1.54) is 38.4 Å². The molecule has 0 spiro atoms. The van der Waals surface area contributed by atoms with E-state index in [0.29, 0.717) is 17.2 Å². The average Bonchev–Trinajstić information content (AvgIpc) is 3.33. The SMILES string of the molecule is CCCCC1CCCC1NC(=O)c1ccc(C)c(NC(=O)c2ccco2)c1. The lowest BCUT2D eigenvalue weighted by Gasteiger charge is -2.21. The fourth-order valence-corrected chi connectivity index (χ4v) is 3.78. The van der Waals surface area contributed by atoms with Crippen molar-refractivity contribution in [2.45, 2.75) is 58.4 Å². The van der Waals surface area contributed by atoms with Crippen LogP contribution in [0, 0.1) is 12.8 Å². The van der Waals surface area contributed by atoms with E-state index in [2.05, 4.69) is 17.6 Å². The Morgan fingerprint density at radius 1 is 1.19 bits per heavy atom. The van der Waals surface area contributed by atoms with E-state index in [4.69, 9.17) is 4.42 Å². The topological polar surface area (TPSA) is 71.3 Å². The van der Waals surface area contributed by atoms with Gasteiger partial charge in [-0.3, -0.25) is 9.59 Å². The van der Waals surface area contributed by atoms with Gasteiger partial charge in [0.25, 0.3) is 11.8 Å². The Hall–Kier alpha value is -2.56. The van der Waals surface area contributed by atoms with Gasteiger partial charge in [0.2, 0.25) is 0 Å². The summed E-state index contributed by atoms with van der Waals surface area (Å²) in [5, 5.41) is 6.04. The van der Waals surface area contributed by atoms with Gasteiger partial charge in [0.05, 0.1) is 6.26 Å². The van der Waals surface area contributed by atoms with E-state index in [1.54, 1.807) is 18.2 Å². The highest BCUT2D eigenvalue weighted by molar-refractivity contribution is 6.04. The largest absolute Gasteiger partial charge is 0.459 e. The number of nitrogens with one attached hydrogen (secondary N) is 2. The van der Waals surface area contributed by atoms with Crippen LogP contribution >= 0.6 is 0 Å². The maximum absolute atomic E-state index is 12.8. The normalized spacial score (nSPS) is 19.0. The highest BCUT2D eigenvalue weighted by Crippen LogP contribution is 2.30. The van der Waals surface area contributed by atoms with Crippen LogP contribution in [-0.2, 0) is 0 Å². The van der Waals surface area contributed by atoms with E-state index in [-0.39, 0.29) is 23.6 Å². The molecule has 1 saturated carbocycles. The first-order valence-electron chi connectivity index (χ1n) is 9.85. The van der Waals surface area contributed by atoms with Gasteiger partial charge >= 0.3 is 0 Å². The monoisotopic (exact) mass is 368 g/mol. The first-order chi connectivity index (χ1) is 13.1. The molecule has 2 amide bonds. The number of amides is 2. The van der Waals surface area contributed by atoms with Crippen molar-refractivity contribution in [2.24, 2.45) is 5.92 Å². The Balaban J connectivity index is 1.67. The molecular weight excluding hydrogens is 340 g/mol. The third-order valence-corrected chi connectivity index (χ3v) is 5.40. The van der Waals surface area contributed by atoms with Crippen LogP contribution in [0.5, 0.6) is 0 Å². The molecule has 0 saturated heterocycles. The third kappa shape index (κ3) is 4.79. The second-order valence-corrected chi connectivity index (χ2v) is 7.37. The maximum Gasteiger partial charge on any atom is 0.291 e. The van der Waals surface area contributed by atoms with Gasteiger partial charge in [-0.2, -0.15) is 0 Å². The molecule has 3 rings (SSSR count). The quantitative estimate of drug-likeness (QED) is 0.728. The molecule has 2 aromatic rings. The predicted octanol–water partition coefficient (Wildman–Crippen LogP) is 4.93. The number of carbonyl (C=O) groups is 2. The molecule has 1 aromatic heterocycles. The Morgan fingerprint density at radius 3 is 2.78 bits per heavy atom. The van der Waals surface area contributed by atoms with Gasteiger partial charge in [0, 0.05) is 17.3 Å². The van der Waals surface area contributed by atoms with Gasteiger partial charge in [0.1, 0.15) is 0 Å². The van der Waals surface area contributed by atoms with Gasteiger partial charge in [0.15, 0.2) is 5.76 Å². The molecule has 1 heterocycles. The molecule has 2 unspecified atom stereocenters. The highest BCUT2D eigenvalue weighted by atomic mass is 16.3. The van der Waals surface area contributed by atoms with E-state index in [0.717, 1.165) is 12.0 Å². The van der Waals surface area contributed by atoms with Gasteiger partial charge in [-0.05, 0) is 61.9 Å². The molecule has 2 N–H and O–H groups in total. The lowest BCUT2D eigenvalue weighted by molar-refractivity contribution is 0.0925. The molecule has 1 aliphatic rings. The van der Waals surface area contributed by atoms with Gasteiger partial charge in [-0.25, -0.2) is 0 Å². The van der Waals surface area contributed by atoms with Crippen LogP contribution in [-0.4, -0.2) is 17.9 Å². The number of unbranched alkanes of at least 4 members (excludes halogenated alkanes) is 1. The van der Waals surface area contributed by atoms with E-state index < -0.39 is 0 Å². The van der Waals surface area contributed by atoms with Gasteiger partial charge in [-0.1, -0.05) is 32.3 Å². The first kappa shape index (κ1) is 19.2. The van der Waals surface area contributed by atoms with Crippen molar-refractivity contribution in [3.8, 4) is 0 Å². The van der Waals surface area contributed by atoms with Crippen molar-refractivity contribution in [1.29, 1.82) is 0 Å².